The fourth-order valence-corrected chi connectivity index (χ4v) is 5.25. The number of ether oxygens (including phenoxy) is 3. The van der Waals surface area contributed by atoms with Crippen molar-refractivity contribution in [2.45, 2.75) is 38.8 Å². The molecule has 5 rings (SSSR count). The highest BCUT2D eigenvalue weighted by Gasteiger charge is 2.41. The van der Waals surface area contributed by atoms with Gasteiger partial charge in [-0.1, -0.05) is 61.4 Å². The van der Waals surface area contributed by atoms with Crippen LogP contribution in [-0.2, 0) is 17.9 Å². The summed E-state index contributed by atoms with van der Waals surface area (Å²) in [5.41, 5.74) is 3.95. The van der Waals surface area contributed by atoms with Gasteiger partial charge in [0.05, 0.1) is 26.5 Å². The zero-order chi connectivity index (χ0) is 24.9. The minimum Gasteiger partial charge on any atom is -0.493 e. The maximum atomic E-state index is 13.6. The minimum absolute atomic E-state index is 0.0586. The molecule has 36 heavy (non-hydrogen) atoms. The Morgan fingerprint density at radius 1 is 0.833 bits per heavy atom. The Bertz CT molecular complexity index is 1240. The highest BCUT2D eigenvalue weighted by molar-refractivity contribution is 6.07. The van der Waals surface area contributed by atoms with Gasteiger partial charge in [-0.25, -0.2) is 5.01 Å². The minimum atomic E-state index is -0.0586. The Morgan fingerprint density at radius 2 is 1.56 bits per heavy atom. The lowest BCUT2D eigenvalue weighted by molar-refractivity contribution is -0.139. The molecule has 1 heterocycles. The first kappa shape index (κ1) is 23.9. The molecule has 1 fully saturated rings. The summed E-state index contributed by atoms with van der Waals surface area (Å²) in [6.45, 7) is 0.834. The number of rotatable bonds is 8. The van der Waals surface area contributed by atoms with Gasteiger partial charge in [0.25, 0.3) is 0 Å². The van der Waals surface area contributed by atoms with Crippen LogP contribution >= 0.6 is 0 Å². The van der Waals surface area contributed by atoms with E-state index in [4.69, 9.17) is 19.3 Å². The second kappa shape index (κ2) is 10.9. The molecule has 0 bridgehead atoms. The number of fused-ring (bicyclic) bond motifs is 1. The SMILES string of the molecule is COc1ccc(C2=NN(Cc3ccccc3OCc3ccccc3)C(=O)[C@@H]3CCCC[C@H]23)cc1OC. The van der Waals surface area contributed by atoms with Crippen LogP contribution in [0.15, 0.2) is 77.9 Å². The van der Waals surface area contributed by atoms with Crippen LogP contribution < -0.4 is 14.2 Å². The van der Waals surface area contributed by atoms with Gasteiger partial charge in [-0.15, -0.1) is 0 Å². The van der Waals surface area contributed by atoms with Crippen molar-refractivity contribution < 1.29 is 19.0 Å². The number of amides is 1. The topological polar surface area (TPSA) is 60.4 Å². The van der Waals surface area contributed by atoms with Gasteiger partial charge in [-0.3, -0.25) is 4.79 Å². The number of hydrogen-bond acceptors (Lipinski definition) is 5. The van der Waals surface area contributed by atoms with Crippen molar-refractivity contribution in [2.75, 3.05) is 14.2 Å². The van der Waals surface area contributed by atoms with E-state index in [1.165, 1.54) is 0 Å². The van der Waals surface area contributed by atoms with Crippen molar-refractivity contribution in [1.82, 2.24) is 5.01 Å². The van der Waals surface area contributed by atoms with Gasteiger partial charge in [-0.2, -0.15) is 5.10 Å². The molecule has 186 valence electrons. The van der Waals surface area contributed by atoms with Gasteiger partial charge in [-0.05, 0) is 42.7 Å². The van der Waals surface area contributed by atoms with E-state index in [1.807, 2.05) is 72.8 Å². The predicted octanol–water partition coefficient (Wildman–Crippen LogP) is 5.84. The van der Waals surface area contributed by atoms with Crippen LogP contribution in [0.1, 0.15) is 42.4 Å². The van der Waals surface area contributed by atoms with Crippen molar-refractivity contribution in [1.29, 1.82) is 0 Å². The van der Waals surface area contributed by atoms with Crippen molar-refractivity contribution >= 4 is 11.6 Å². The molecule has 6 heteroatoms. The summed E-state index contributed by atoms with van der Waals surface area (Å²) in [6, 6.07) is 23.8. The van der Waals surface area contributed by atoms with Crippen molar-refractivity contribution in [3.05, 3.63) is 89.5 Å². The van der Waals surface area contributed by atoms with Crippen LogP contribution in [0.2, 0.25) is 0 Å². The van der Waals surface area contributed by atoms with E-state index in [0.29, 0.717) is 24.7 Å². The highest BCUT2D eigenvalue weighted by Crippen LogP contribution is 2.39. The molecule has 2 aliphatic rings. The largest absolute Gasteiger partial charge is 0.493 e. The monoisotopic (exact) mass is 484 g/mol. The van der Waals surface area contributed by atoms with Crippen LogP contribution in [0.4, 0.5) is 0 Å². The molecule has 0 spiro atoms. The van der Waals surface area contributed by atoms with Crippen LogP contribution in [0.5, 0.6) is 17.2 Å². The predicted molar refractivity (Wildman–Crippen MR) is 139 cm³/mol. The maximum absolute atomic E-state index is 13.6. The summed E-state index contributed by atoms with van der Waals surface area (Å²) in [6.07, 6.45) is 4.03. The number of carbonyl (C=O) groups excluding carboxylic acids is 1. The molecule has 0 radical (unpaired) electrons. The molecule has 6 nitrogen and oxygen atoms in total. The summed E-state index contributed by atoms with van der Waals surface area (Å²) in [5.74, 6) is 2.26. The lowest BCUT2D eigenvalue weighted by Crippen LogP contribution is -2.45. The molecule has 2 atom stereocenters. The second-order valence-corrected chi connectivity index (χ2v) is 9.33. The average molecular weight is 485 g/mol. The number of methoxy groups -OCH3 is 2. The molecule has 0 unspecified atom stereocenters. The van der Waals surface area contributed by atoms with Gasteiger partial charge in [0.1, 0.15) is 12.4 Å². The number of hydrazone groups is 1. The van der Waals surface area contributed by atoms with Gasteiger partial charge < -0.3 is 14.2 Å². The van der Waals surface area contributed by atoms with E-state index in [-0.39, 0.29) is 17.7 Å². The number of hydrogen-bond donors (Lipinski definition) is 0. The first-order valence-electron chi connectivity index (χ1n) is 12.5. The first-order valence-corrected chi connectivity index (χ1v) is 12.5. The van der Waals surface area contributed by atoms with E-state index in [0.717, 1.165) is 53.8 Å². The van der Waals surface area contributed by atoms with E-state index >= 15 is 0 Å². The summed E-state index contributed by atoms with van der Waals surface area (Å²) in [4.78, 5) is 13.6. The van der Waals surface area contributed by atoms with Gasteiger partial charge in [0, 0.05) is 23.0 Å². The Balaban J connectivity index is 1.45. The van der Waals surface area contributed by atoms with Gasteiger partial charge in [0.15, 0.2) is 11.5 Å². The molecule has 3 aromatic carbocycles. The van der Waals surface area contributed by atoms with Gasteiger partial charge >= 0.3 is 0 Å². The molecule has 1 saturated carbocycles. The molecule has 0 saturated heterocycles. The standard InChI is InChI=1S/C30H32N2O4/c1-34-27-17-16-22(18-28(27)35-2)29-24-13-7-8-14-25(24)30(33)32(31-29)19-23-12-6-9-15-26(23)36-20-21-10-4-3-5-11-21/h3-6,9-12,15-18,24-25H,7-8,13-14,19-20H2,1-2H3/t24-,25+/m0/s1. The van der Waals surface area contributed by atoms with E-state index in [2.05, 4.69) is 0 Å². The fourth-order valence-electron chi connectivity index (χ4n) is 5.25. The highest BCUT2D eigenvalue weighted by atomic mass is 16.5. The van der Waals surface area contributed by atoms with E-state index < -0.39 is 0 Å². The van der Waals surface area contributed by atoms with E-state index in [9.17, 15) is 4.79 Å². The third kappa shape index (κ3) is 4.94. The second-order valence-electron chi connectivity index (χ2n) is 9.33. The summed E-state index contributed by atoms with van der Waals surface area (Å²) < 4.78 is 17.1. The molecular weight excluding hydrogens is 452 g/mol. The van der Waals surface area contributed by atoms with Crippen molar-refractivity contribution in [3.8, 4) is 17.2 Å². The lowest BCUT2D eigenvalue weighted by atomic mass is 9.73. The number of benzene rings is 3. The molecule has 1 aliphatic heterocycles. The number of nitrogens with zero attached hydrogens (tertiary/aromatic N) is 2. The smallest absolute Gasteiger partial charge is 0.246 e. The zero-order valence-corrected chi connectivity index (χ0v) is 20.9. The average Bonchev–Trinajstić information content (AvgIpc) is 2.94. The Morgan fingerprint density at radius 3 is 2.33 bits per heavy atom. The van der Waals surface area contributed by atoms with Crippen molar-refractivity contribution in [3.63, 3.8) is 0 Å². The number of para-hydroxylation sites is 1. The summed E-state index contributed by atoms with van der Waals surface area (Å²) >= 11 is 0. The maximum Gasteiger partial charge on any atom is 0.246 e. The number of carbonyl (C=O) groups is 1. The normalized spacial score (nSPS) is 19.3. The van der Waals surface area contributed by atoms with Gasteiger partial charge in [0.2, 0.25) is 5.91 Å². The van der Waals surface area contributed by atoms with Crippen LogP contribution in [0.3, 0.4) is 0 Å². The molecule has 1 aliphatic carbocycles. The third-order valence-corrected chi connectivity index (χ3v) is 7.13. The van der Waals surface area contributed by atoms with E-state index in [1.54, 1.807) is 19.2 Å². The molecule has 0 aromatic heterocycles. The Kier molecular flexibility index (Phi) is 7.21. The van der Waals surface area contributed by atoms with Crippen LogP contribution in [-0.4, -0.2) is 30.8 Å². The summed E-state index contributed by atoms with van der Waals surface area (Å²) in [7, 11) is 3.26. The summed E-state index contributed by atoms with van der Waals surface area (Å²) in [5, 5.41) is 6.59. The quantitative estimate of drug-likeness (QED) is 0.403. The molecular formula is C30H32N2O4. The van der Waals surface area contributed by atoms with Crippen LogP contribution in [0, 0.1) is 11.8 Å². The molecule has 3 aromatic rings. The molecule has 1 amide bonds. The zero-order valence-electron chi connectivity index (χ0n) is 20.9. The van der Waals surface area contributed by atoms with Crippen LogP contribution in [0.25, 0.3) is 0 Å². The Hall–Kier alpha value is -3.80. The first-order chi connectivity index (χ1) is 17.7. The fraction of sp³-hybridized carbons (Fsp3) is 0.333. The lowest BCUT2D eigenvalue weighted by Gasteiger charge is -2.38. The molecule has 0 N–H and O–H groups in total. The van der Waals surface area contributed by atoms with Crippen molar-refractivity contribution in [2.24, 2.45) is 16.9 Å². The third-order valence-electron chi connectivity index (χ3n) is 7.13. The Labute approximate surface area is 212 Å².